The Labute approximate surface area is 384 Å². The normalized spacial score (nSPS) is 27.1. The van der Waals surface area contributed by atoms with Crippen LogP contribution < -0.4 is 52.9 Å². The highest BCUT2D eigenvalue weighted by atomic mass is 79.9. The fourth-order valence-electron chi connectivity index (χ4n) is 9.78. The molecule has 4 unspecified atom stereocenters. The third-order valence-electron chi connectivity index (χ3n) is 12.7. The number of esters is 6. The van der Waals surface area contributed by atoms with E-state index in [9.17, 15) is 28.8 Å². The highest BCUT2D eigenvalue weighted by Gasteiger charge is 2.52. The summed E-state index contributed by atoms with van der Waals surface area (Å²) in [5.74, 6) is -1.96. The molecule has 0 aromatic heterocycles. The molecule has 4 bridgehead atoms. The number of carbonyl (C=O) groups is 6. The molecule has 0 amide bonds. The summed E-state index contributed by atoms with van der Waals surface area (Å²) >= 11 is 0. The number of hydrogen-bond donors (Lipinski definition) is 0. The lowest BCUT2D eigenvalue weighted by Gasteiger charge is -2.44. The number of carbonyl (C=O) groups excluding carboxylic acids is 6. The number of nitrogens with zero attached hydrogens (tertiary/aromatic N) is 2. The fourth-order valence-corrected chi connectivity index (χ4v) is 9.78. The molecular formula is C46H58Br2N2O12. The van der Waals surface area contributed by atoms with Crippen molar-refractivity contribution in [2.45, 2.75) is 141 Å². The Kier molecular flexibility index (Phi) is 17.7. The van der Waals surface area contributed by atoms with Crippen molar-refractivity contribution >= 4 is 35.8 Å². The molecule has 0 aliphatic carbocycles. The summed E-state index contributed by atoms with van der Waals surface area (Å²) in [6.45, 7) is 5.17. The lowest BCUT2D eigenvalue weighted by atomic mass is 9.97. The molecule has 4 aliphatic heterocycles. The van der Waals surface area contributed by atoms with Gasteiger partial charge in [-0.3, -0.25) is 37.7 Å². The number of benzene rings is 2. The Morgan fingerprint density at radius 1 is 0.516 bits per heavy atom. The van der Waals surface area contributed by atoms with Crippen molar-refractivity contribution in [1.82, 2.24) is 0 Å². The zero-order valence-electron chi connectivity index (χ0n) is 36.3. The second kappa shape index (κ2) is 21.8. The first-order valence-corrected chi connectivity index (χ1v) is 21.0. The number of piperidine rings is 2. The number of allylic oxidation sites excluding steroid dienone is 2. The van der Waals surface area contributed by atoms with E-state index in [0.29, 0.717) is 37.0 Å². The molecule has 16 heteroatoms. The van der Waals surface area contributed by atoms with Gasteiger partial charge in [0.05, 0.1) is 63.5 Å². The smallest absolute Gasteiger partial charge is 0.308 e. The van der Waals surface area contributed by atoms with Gasteiger partial charge in [0.15, 0.2) is 23.0 Å². The summed E-state index contributed by atoms with van der Waals surface area (Å²) in [4.78, 5) is 72.2. The lowest BCUT2D eigenvalue weighted by Crippen LogP contribution is -3.00. The molecule has 4 aliphatic rings. The van der Waals surface area contributed by atoms with E-state index in [1.54, 1.807) is 24.3 Å². The van der Waals surface area contributed by atoms with Gasteiger partial charge in [-0.15, -0.1) is 0 Å². The average molecular weight is 991 g/mol. The summed E-state index contributed by atoms with van der Waals surface area (Å²) in [6, 6.07) is 11.5. The first-order valence-electron chi connectivity index (χ1n) is 21.0. The zero-order valence-corrected chi connectivity index (χ0v) is 39.4. The van der Waals surface area contributed by atoms with Gasteiger partial charge in [0.1, 0.15) is 12.2 Å². The Morgan fingerprint density at radius 2 is 0.823 bits per heavy atom. The molecule has 0 spiro atoms. The van der Waals surface area contributed by atoms with E-state index >= 15 is 0 Å². The molecule has 338 valence electrons. The third-order valence-corrected chi connectivity index (χ3v) is 12.7. The monoisotopic (exact) mass is 988 g/mol. The Hall–Kier alpha value is -4.38. The second-order valence-corrected chi connectivity index (χ2v) is 17.0. The topological polar surface area (TPSA) is 158 Å². The molecule has 0 N–H and O–H groups in total. The minimum absolute atomic E-state index is 0. The predicted octanol–water partition coefficient (Wildman–Crippen LogP) is 0.355. The van der Waals surface area contributed by atoms with E-state index < -0.39 is 23.9 Å². The second-order valence-electron chi connectivity index (χ2n) is 17.0. The Balaban J connectivity index is 0.00000422. The van der Waals surface area contributed by atoms with Crippen LogP contribution in [0.1, 0.15) is 103 Å². The maximum Gasteiger partial charge on any atom is 0.308 e. The largest absolute Gasteiger partial charge is 1.00 e. The first-order chi connectivity index (χ1) is 28.5. The molecule has 14 nitrogen and oxygen atoms in total. The number of quaternary nitrogens is 2. The quantitative estimate of drug-likeness (QED) is 0.137. The molecule has 4 fully saturated rings. The van der Waals surface area contributed by atoms with Crippen LogP contribution in [0.5, 0.6) is 23.0 Å². The van der Waals surface area contributed by atoms with E-state index in [1.165, 1.54) is 27.7 Å². The minimum atomic E-state index is -0.504. The standard InChI is InChI=1S/C46H58N2O12.2BrH/c1-29(49)55-41-17-11-33(23-43(41)57-31(3)51)9-7-21-47(5)35-13-14-36(47)26-39(25-35)59-45(53)19-20-46(54)60-40-27-37-15-16-38(28-40)48(37,6)22-8-10-34-12-18-42(56-30(2)50)44(24-34)58-32(4)52;;/h7-8,11-12,17-18,21-24,35-40H,9-10,13-16,19-20,25-28H2,1-6H3;2*1H/q+2;;/p-2. The summed E-state index contributed by atoms with van der Waals surface area (Å²) in [5.41, 5.74) is 1.80. The molecule has 0 radical (unpaired) electrons. The van der Waals surface area contributed by atoms with Crippen molar-refractivity contribution in [2.75, 3.05) is 14.1 Å². The van der Waals surface area contributed by atoms with E-state index in [-0.39, 0.29) is 93.9 Å². The first kappa shape index (κ1) is 50.3. The average Bonchev–Trinajstić information content (AvgIpc) is 3.39. The maximum atomic E-state index is 13.0. The number of fused-ring (bicyclic) bond motifs is 4. The van der Waals surface area contributed by atoms with Crippen molar-refractivity contribution in [3.05, 3.63) is 72.1 Å². The van der Waals surface area contributed by atoms with Gasteiger partial charge in [-0.05, 0) is 60.4 Å². The van der Waals surface area contributed by atoms with Crippen LogP contribution in [0.3, 0.4) is 0 Å². The van der Waals surface area contributed by atoms with Gasteiger partial charge in [0.2, 0.25) is 0 Å². The van der Waals surface area contributed by atoms with E-state index in [0.717, 1.165) is 71.5 Å². The molecule has 2 aromatic carbocycles. The van der Waals surface area contributed by atoms with Crippen LogP contribution in [0.4, 0.5) is 0 Å². The number of ether oxygens (including phenoxy) is 6. The molecular weight excluding hydrogens is 932 g/mol. The van der Waals surface area contributed by atoms with Crippen molar-refractivity contribution in [1.29, 1.82) is 0 Å². The van der Waals surface area contributed by atoms with Crippen LogP contribution in [0.2, 0.25) is 0 Å². The van der Waals surface area contributed by atoms with Crippen molar-refractivity contribution in [3.63, 3.8) is 0 Å². The van der Waals surface area contributed by atoms with Gasteiger partial charge in [-0.1, -0.05) is 12.1 Å². The van der Waals surface area contributed by atoms with Gasteiger partial charge in [-0.2, -0.15) is 0 Å². The summed E-state index contributed by atoms with van der Waals surface area (Å²) in [6.07, 6.45) is 16.5. The molecule has 0 saturated carbocycles. The SMILES string of the molecule is CC(=O)Oc1ccc(CC=C[N+]2(C)C3CCC2CC(OC(=O)CCC(=O)OC2CC4CCC(C2)[N+]4(C)C=CCc2ccc(OC(C)=O)c(OC(C)=O)c2)C3)cc1OC(C)=O.[Br-].[Br-]. The van der Waals surface area contributed by atoms with Crippen LogP contribution >= 0.6 is 0 Å². The van der Waals surface area contributed by atoms with Crippen LogP contribution in [0.15, 0.2) is 61.0 Å². The fraction of sp³-hybridized carbons (Fsp3) is 0.522. The maximum absolute atomic E-state index is 13.0. The van der Waals surface area contributed by atoms with Crippen molar-refractivity contribution < 1.29 is 100 Å². The number of halogens is 2. The predicted molar refractivity (Wildman–Crippen MR) is 217 cm³/mol. The minimum Gasteiger partial charge on any atom is -1.00 e. The summed E-state index contributed by atoms with van der Waals surface area (Å²) < 4.78 is 34.3. The van der Waals surface area contributed by atoms with Gasteiger partial charge in [-0.25, -0.2) is 0 Å². The molecule has 6 rings (SSSR count). The highest BCUT2D eigenvalue weighted by Crippen LogP contribution is 2.44. The zero-order chi connectivity index (χ0) is 43.2. The van der Waals surface area contributed by atoms with Crippen LogP contribution in [-0.4, -0.2) is 95.3 Å². The Bertz CT molecular complexity index is 1880. The van der Waals surface area contributed by atoms with Crippen LogP contribution in [-0.2, 0) is 51.1 Å². The Morgan fingerprint density at radius 3 is 1.13 bits per heavy atom. The van der Waals surface area contributed by atoms with Crippen LogP contribution in [0.25, 0.3) is 0 Å². The highest BCUT2D eigenvalue weighted by molar-refractivity contribution is 5.78. The van der Waals surface area contributed by atoms with E-state index in [1.807, 2.05) is 12.1 Å². The van der Waals surface area contributed by atoms with Gasteiger partial charge < -0.3 is 62.4 Å². The number of hydrogen-bond acceptors (Lipinski definition) is 12. The molecule has 62 heavy (non-hydrogen) atoms. The van der Waals surface area contributed by atoms with Crippen molar-refractivity contribution in [3.8, 4) is 23.0 Å². The summed E-state index contributed by atoms with van der Waals surface area (Å²) in [7, 11) is 4.43. The molecule has 4 heterocycles. The molecule has 2 aromatic rings. The van der Waals surface area contributed by atoms with E-state index in [2.05, 4.69) is 38.6 Å². The third kappa shape index (κ3) is 12.6. The summed E-state index contributed by atoms with van der Waals surface area (Å²) in [5, 5.41) is 0. The molecule has 4 atom stereocenters. The van der Waals surface area contributed by atoms with Crippen LogP contribution in [0, 0.1) is 0 Å². The lowest BCUT2D eigenvalue weighted by molar-refractivity contribution is -0.902. The van der Waals surface area contributed by atoms with E-state index in [4.69, 9.17) is 28.4 Å². The van der Waals surface area contributed by atoms with Crippen molar-refractivity contribution in [2.24, 2.45) is 0 Å². The van der Waals surface area contributed by atoms with Gasteiger partial charge >= 0.3 is 35.8 Å². The van der Waals surface area contributed by atoms with Gasteiger partial charge in [0.25, 0.3) is 0 Å². The number of rotatable bonds is 15. The van der Waals surface area contributed by atoms with Gasteiger partial charge in [0, 0.05) is 79.1 Å². The molecule has 4 saturated heterocycles.